The highest BCUT2D eigenvalue weighted by Crippen LogP contribution is 2.31. The van der Waals surface area contributed by atoms with Crippen LogP contribution in [0.15, 0.2) is 77.2 Å². The van der Waals surface area contributed by atoms with Gasteiger partial charge in [0, 0.05) is 43.8 Å². The average molecular weight is 480 g/mol. The summed E-state index contributed by atoms with van der Waals surface area (Å²) in [5.74, 6) is -0.431. The number of piperazine rings is 1. The highest BCUT2D eigenvalue weighted by atomic mass is 19.4. The number of rotatable bonds is 5. The first-order chi connectivity index (χ1) is 16.8. The van der Waals surface area contributed by atoms with Gasteiger partial charge in [-0.05, 0) is 59.2 Å². The van der Waals surface area contributed by atoms with Crippen molar-refractivity contribution in [3.63, 3.8) is 0 Å². The van der Waals surface area contributed by atoms with Crippen molar-refractivity contribution in [1.82, 2.24) is 4.90 Å². The molecule has 1 saturated heterocycles. The molecule has 8 heteroatoms. The Morgan fingerprint density at radius 2 is 1.63 bits per heavy atom. The van der Waals surface area contributed by atoms with Gasteiger partial charge in [-0.25, -0.2) is 0 Å². The van der Waals surface area contributed by atoms with Gasteiger partial charge in [0.25, 0.3) is 5.91 Å². The molecular weight excluding hydrogens is 455 g/mol. The van der Waals surface area contributed by atoms with Crippen LogP contribution in [0.1, 0.15) is 21.7 Å². The van der Waals surface area contributed by atoms with Crippen molar-refractivity contribution in [3.8, 4) is 11.1 Å². The van der Waals surface area contributed by atoms with E-state index in [1.807, 2.05) is 42.5 Å². The van der Waals surface area contributed by atoms with Crippen LogP contribution in [-0.2, 0) is 12.7 Å². The van der Waals surface area contributed by atoms with Crippen LogP contribution in [0.2, 0.25) is 0 Å². The summed E-state index contributed by atoms with van der Waals surface area (Å²) in [4.78, 5) is 16.0. The topological polar surface area (TPSA) is 62.7 Å². The summed E-state index contributed by atoms with van der Waals surface area (Å²) in [7, 11) is 0. The van der Waals surface area contributed by atoms with Crippen LogP contribution in [0.25, 0.3) is 22.1 Å². The number of fused-ring (bicyclic) bond motifs is 1. The van der Waals surface area contributed by atoms with E-state index in [9.17, 15) is 18.0 Å². The molecule has 1 aliphatic rings. The molecule has 5 rings (SSSR count). The van der Waals surface area contributed by atoms with Crippen molar-refractivity contribution in [2.24, 2.45) is 5.73 Å². The number of carbonyl (C=O) groups excluding carboxylic acids is 1. The Hall–Kier alpha value is -3.78. The normalized spacial score (nSPS) is 15.0. The average Bonchev–Trinajstić information content (AvgIpc) is 3.28. The Balaban J connectivity index is 1.22. The van der Waals surface area contributed by atoms with E-state index < -0.39 is 17.6 Å². The maximum absolute atomic E-state index is 12.9. The van der Waals surface area contributed by atoms with Gasteiger partial charge in [-0.15, -0.1) is 0 Å². The van der Waals surface area contributed by atoms with Gasteiger partial charge in [0.05, 0.1) is 5.56 Å². The van der Waals surface area contributed by atoms with Crippen LogP contribution in [0.4, 0.5) is 18.9 Å². The van der Waals surface area contributed by atoms with Gasteiger partial charge in [-0.3, -0.25) is 9.69 Å². The standard InChI is InChI=1S/C27H24F3N3O2/c28-27(29,30)22-6-4-19(5-7-22)20-3-1-2-18(14-20)17-32-10-12-33(13-11-32)23-8-9-24-21(15-23)16-25(35-24)26(31)34/h1-9,14-16H,10-13,17H2,(H2,31,34). The monoisotopic (exact) mass is 479 g/mol. The molecule has 1 aromatic heterocycles. The number of halogens is 3. The first-order valence-electron chi connectivity index (χ1n) is 11.3. The van der Waals surface area contributed by atoms with Crippen molar-refractivity contribution < 1.29 is 22.4 Å². The molecule has 1 aliphatic heterocycles. The predicted octanol–water partition coefficient (Wildman–Crippen LogP) is 5.54. The molecule has 2 heterocycles. The summed E-state index contributed by atoms with van der Waals surface area (Å²) in [5, 5.41) is 0.846. The van der Waals surface area contributed by atoms with Crippen LogP contribution in [0, 0.1) is 0 Å². The molecule has 0 saturated carbocycles. The van der Waals surface area contributed by atoms with E-state index in [2.05, 4.69) is 9.80 Å². The fourth-order valence-electron chi connectivity index (χ4n) is 4.47. The second-order valence-electron chi connectivity index (χ2n) is 8.74. The lowest BCUT2D eigenvalue weighted by molar-refractivity contribution is -0.137. The molecule has 180 valence electrons. The lowest BCUT2D eigenvalue weighted by Crippen LogP contribution is -2.45. The third-order valence-corrected chi connectivity index (χ3v) is 6.36. The highest BCUT2D eigenvalue weighted by Gasteiger charge is 2.30. The Morgan fingerprint density at radius 1 is 0.886 bits per heavy atom. The van der Waals surface area contributed by atoms with Gasteiger partial charge in [0.15, 0.2) is 5.76 Å². The zero-order valence-corrected chi connectivity index (χ0v) is 18.9. The molecule has 0 unspecified atom stereocenters. The Kier molecular flexibility index (Phi) is 5.98. The van der Waals surface area contributed by atoms with Crippen molar-refractivity contribution in [3.05, 3.63) is 89.7 Å². The van der Waals surface area contributed by atoms with Gasteiger partial charge in [-0.2, -0.15) is 13.2 Å². The molecule has 2 N–H and O–H groups in total. The molecule has 4 aromatic rings. The van der Waals surface area contributed by atoms with Crippen LogP contribution >= 0.6 is 0 Å². The number of primary amides is 1. The van der Waals surface area contributed by atoms with Gasteiger partial charge >= 0.3 is 6.18 Å². The van der Waals surface area contributed by atoms with E-state index in [-0.39, 0.29) is 5.76 Å². The van der Waals surface area contributed by atoms with Crippen LogP contribution in [-0.4, -0.2) is 37.0 Å². The second kappa shape index (κ2) is 9.11. The Morgan fingerprint density at radius 3 is 2.31 bits per heavy atom. The number of nitrogens with zero attached hydrogens (tertiary/aromatic N) is 2. The molecular formula is C27H24F3N3O2. The maximum atomic E-state index is 12.9. The summed E-state index contributed by atoms with van der Waals surface area (Å²) in [5.41, 5.74) is 9.15. The molecule has 0 aliphatic carbocycles. The summed E-state index contributed by atoms with van der Waals surface area (Å²) in [6.07, 6.45) is -4.33. The Labute approximate surface area is 200 Å². The number of hydrogen-bond donors (Lipinski definition) is 1. The summed E-state index contributed by atoms with van der Waals surface area (Å²) in [6.45, 7) is 4.22. The van der Waals surface area contributed by atoms with Crippen molar-refractivity contribution in [2.45, 2.75) is 12.7 Å². The van der Waals surface area contributed by atoms with Crippen LogP contribution in [0.3, 0.4) is 0 Å². The van der Waals surface area contributed by atoms with Crippen molar-refractivity contribution in [1.29, 1.82) is 0 Å². The quantitative estimate of drug-likeness (QED) is 0.408. The summed E-state index contributed by atoms with van der Waals surface area (Å²) >= 11 is 0. The van der Waals surface area contributed by atoms with Gasteiger partial charge < -0.3 is 15.1 Å². The number of furan rings is 1. The first kappa shape index (κ1) is 23.0. The van der Waals surface area contributed by atoms with E-state index in [0.29, 0.717) is 5.58 Å². The Bertz CT molecular complexity index is 1350. The SMILES string of the molecule is NC(=O)c1cc2cc(N3CCN(Cc4cccc(-c5ccc(C(F)(F)F)cc5)c4)CC3)ccc2o1. The van der Waals surface area contributed by atoms with Crippen LogP contribution < -0.4 is 10.6 Å². The van der Waals surface area contributed by atoms with E-state index in [1.54, 1.807) is 6.07 Å². The number of amides is 1. The predicted molar refractivity (Wildman–Crippen MR) is 129 cm³/mol. The highest BCUT2D eigenvalue weighted by molar-refractivity contribution is 5.95. The molecule has 3 aromatic carbocycles. The fourth-order valence-corrected chi connectivity index (χ4v) is 4.47. The minimum atomic E-state index is -4.33. The van der Waals surface area contributed by atoms with Gasteiger partial charge in [0.2, 0.25) is 0 Å². The molecule has 0 radical (unpaired) electrons. The lowest BCUT2D eigenvalue weighted by atomic mass is 10.0. The zero-order valence-electron chi connectivity index (χ0n) is 18.9. The van der Waals surface area contributed by atoms with E-state index in [0.717, 1.165) is 72.6 Å². The second-order valence-corrected chi connectivity index (χ2v) is 8.74. The smallest absolute Gasteiger partial charge is 0.416 e. The lowest BCUT2D eigenvalue weighted by Gasteiger charge is -2.36. The zero-order chi connectivity index (χ0) is 24.6. The summed E-state index contributed by atoms with van der Waals surface area (Å²) in [6, 6.07) is 20.7. The molecule has 0 spiro atoms. The molecule has 0 bridgehead atoms. The maximum Gasteiger partial charge on any atom is 0.416 e. The first-order valence-corrected chi connectivity index (χ1v) is 11.3. The number of benzene rings is 3. The number of anilines is 1. The largest absolute Gasteiger partial charge is 0.451 e. The molecule has 35 heavy (non-hydrogen) atoms. The molecule has 1 fully saturated rings. The third kappa shape index (κ3) is 5.02. The minimum Gasteiger partial charge on any atom is -0.451 e. The van der Waals surface area contributed by atoms with Crippen LogP contribution in [0.5, 0.6) is 0 Å². The summed E-state index contributed by atoms with van der Waals surface area (Å²) < 4.78 is 44.0. The molecule has 1 amide bonds. The fraction of sp³-hybridized carbons (Fsp3) is 0.222. The van der Waals surface area contributed by atoms with E-state index in [1.165, 1.54) is 12.1 Å². The third-order valence-electron chi connectivity index (χ3n) is 6.36. The number of hydrogen-bond acceptors (Lipinski definition) is 4. The minimum absolute atomic E-state index is 0.153. The number of alkyl halides is 3. The van der Waals surface area contributed by atoms with Gasteiger partial charge in [0.1, 0.15) is 5.58 Å². The number of carbonyl (C=O) groups is 1. The van der Waals surface area contributed by atoms with Gasteiger partial charge in [-0.1, -0.05) is 30.3 Å². The van der Waals surface area contributed by atoms with Crippen molar-refractivity contribution >= 4 is 22.6 Å². The number of nitrogens with two attached hydrogens (primary N) is 1. The molecule has 0 atom stereocenters. The van der Waals surface area contributed by atoms with E-state index >= 15 is 0 Å². The molecule has 5 nitrogen and oxygen atoms in total. The van der Waals surface area contributed by atoms with E-state index in [4.69, 9.17) is 10.2 Å². The van der Waals surface area contributed by atoms with Crippen molar-refractivity contribution in [2.75, 3.05) is 31.1 Å².